The van der Waals surface area contributed by atoms with E-state index in [-0.39, 0.29) is 23.6 Å². The van der Waals surface area contributed by atoms with Gasteiger partial charge in [0.25, 0.3) is 0 Å². The van der Waals surface area contributed by atoms with Gasteiger partial charge in [0.2, 0.25) is 11.6 Å². The summed E-state index contributed by atoms with van der Waals surface area (Å²) in [5.41, 5.74) is 0.392. The molecule has 6 heteroatoms. The van der Waals surface area contributed by atoms with Crippen molar-refractivity contribution in [2.75, 3.05) is 6.61 Å². The van der Waals surface area contributed by atoms with Crippen LogP contribution >= 0.6 is 0 Å². The summed E-state index contributed by atoms with van der Waals surface area (Å²) in [7, 11) is 0. The molecule has 0 bridgehead atoms. The first-order valence-corrected chi connectivity index (χ1v) is 6.65. The number of carboxylic acid groups (broad SMARTS) is 1. The van der Waals surface area contributed by atoms with Gasteiger partial charge in [-0.05, 0) is 39.0 Å². The predicted octanol–water partition coefficient (Wildman–Crippen LogP) is 3.23. The number of ether oxygens (including phenoxy) is 2. The third kappa shape index (κ3) is 3.53. The highest BCUT2D eigenvalue weighted by Crippen LogP contribution is 2.29. The number of aromatic nitrogens is 1. The van der Waals surface area contributed by atoms with Gasteiger partial charge in [0, 0.05) is 5.56 Å². The third-order valence-electron chi connectivity index (χ3n) is 2.53. The minimum Gasteiger partial charge on any atom is -0.491 e. The summed E-state index contributed by atoms with van der Waals surface area (Å²) < 4.78 is 16.1. The van der Waals surface area contributed by atoms with Crippen molar-refractivity contribution >= 4 is 5.97 Å². The molecule has 0 fully saturated rings. The van der Waals surface area contributed by atoms with Crippen molar-refractivity contribution < 1.29 is 23.8 Å². The Morgan fingerprint density at radius 2 is 2.19 bits per heavy atom. The van der Waals surface area contributed by atoms with Crippen LogP contribution in [0.2, 0.25) is 0 Å². The number of nitrogens with zero attached hydrogens (tertiary/aromatic N) is 1. The van der Waals surface area contributed by atoms with Crippen molar-refractivity contribution in [2.45, 2.75) is 26.9 Å². The van der Waals surface area contributed by atoms with Gasteiger partial charge in [-0.2, -0.15) is 4.98 Å². The zero-order chi connectivity index (χ0) is 15.4. The third-order valence-corrected chi connectivity index (χ3v) is 2.53. The van der Waals surface area contributed by atoms with Crippen LogP contribution in [0.3, 0.4) is 0 Å². The van der Waals surface area contributed by atoms with Gasteiger partial charge in [0.1, 0.15) is 5.75 Å². The molecule has 1 N–H and O–H groups in total. The Morgan fingerprint density at radius 3 is 2.81 bits per heavy atom. The van der Waals surface area contributed by atoms with Gasteiger partial charge in [-0.25, -0.2) is 4.79 Å². The monoisotopic (exact) mass is 291 g/mol. The Morgan fingerprint density at radius 1 is 1.43 bits per heavy atom. The van der Waals surface area contributed by atoms with Gasteiger partial charge in [-0.15, -0.1) is 0 Å². The smallest absolute Gasteiger partial charge is 0.362 e. The van der Waals surface area contributed by atoms with Crippen molar-refractivity contribution in [3.63, 3.8) is 0 Å². The van der Waals surface area contributed by atoms with E-state index in [0.717, 1.165) is 0 Å². The normalized spacial score (nSPS) is 10.7. The average Bonchev–Trinajstić information content (AvgIpc) is 2.83. The summed E-state index contributed by atoms with van der Waals surface area (Å²) in [6.45, 7) is 5.89. The van der Waals surface area contributed by atoms with Gasteiger partial charge < -0.3 is 19.0 Å². The fraction of sp³-hybridized carbons (Fsp3) is 0.333. The molecule has 1 aromatic heterocycles. The number of oxazole rings is 1. The number of carbonyl (C=O) groups is 1. The van der Waals surface area contributed by atoms with E-state index in [4.69, 9.17) is 19.0 Å². The lowest BCUT2D eigenvalue weighted by molar-refractivity contribution is 0.0683. The van der Waals surface area contributed by atoms with Crippen LogP contribution in [-0.2, 0) is 0 Å². The molecule has 0 amide bonds. The number of rotatable bonds is 6. The summed E-state index contributed by atoms with van der Waals surface area (Å²) in [5, 5.41) is 9.10. The topological polar surface area (TPSA) is 81.8 Å². The largest absolute Gasteiger partial charge is 0.491 e. The minimum absolute atomic E-state index is 0.0402. The second-order valence-corrected chi connectivity index (χ2v) is 4.59. The molecule has 1 aromatic carbocycles. The highest BCUT2D eigenvalue weighted by Gasteiger charge is 2.21. The molecule has 0 aliphatic carbocycles. The summed E-state index contributed by atoms with van der Waals surface area (Å²) in [6.07, 6.45) is 0.0402. The summed E-state index contributed by atoms with van der Waals surface area (Å²) in [6, 6.07) is 7.11. The number of hydrogen-bond donors (Lipinski definition) is 1. The van der Waals surface area contributed by atoms with Crippen molar-refractivity contribution in [3.8, 4) is 23.1 Å². The minimum atomic E-state index is -1.19. The van der Waals surface area contributed by atoms with E-state index >= 15 is 0 Å². The first kappa shape index (κ1) is 14.9. The molecule has 2 rings (SSSR count). The van der Waals surface area contributed by atoms with Crippen molar-refractivity contribution in [1.82, 2.24) is 4.98 Å². The molecule has 21 heavy (non-hydrogen) atoms. The lowest BCUT2D eigenvalue weighted by atomic mass is 10.2. The number of hydrogen-bond acceptors (Lipinski definition) is 5. The molecular formula is C15H17NO5. The van der Waals surface area contributed by atoms with Gasteiger partial charge >= 0.3 is 11.9 Å². The number of aromatic carboxylic acids is 1. The SMILES string of the molecule is CCOc1oc(-c2cccc(OC(C)C)c2)nc1C(=O)O. The lowest BCUT2D eigenvalue weighted by Crippen LogP contribution is -2.05. The van der Waals surface area contributed by atoms with Crippen LogP contribution in [0.5, 0.6) is 11.7 Å². The maximum Gasteiger partial charge on any atom is 0.362 e. The highest BCUT2D eigenvalue weighted by molar-refractivity contribution is 5.88. The molecule has 0 saturated carbocycles. The maximum atomic E-state index is 11.1. The molecule has 0 atom stereocenters. The van der Waals surface area contributed by atoms with E-state index in [1.807, 2.05) is 19.9 Å². The molecule has 0 aliphatic rings. The Kier molecular flexibility index (Phi) is 4.47. The van der Waals surface area contributed by atoms with E-state index in [1.54, 1.807) is 25.1 Å². The van der Waals surface area contributed by atoms with Gasteiger partial charge in [-0.1, -0.05) is 6.07 Å². The molecular weight excluding hydrogens is 274 g/mol. The highest BCUT2D eigenvalue weighted by atomic mass is 16.6. The van der Waals surface area contributed by atoms with Crippen molar-refractivity contribution in [2.24, 2.45) is 0 Å². The van der Waals surface area contributed by atoms with Crippen LogP contribution in [0.1, 0.15) is 31.3 Å². The molecule has 6 nitrogen and oxygen atoms in total. The summed E-state index contributed by atoms with van der Waals surface area (Å²) in [4.78, 5) is 15.1. The molecule has 0 radical (unpaired) electrons. The first-order chi connectivity index (χ1) is 10.0. The predicted molar refractivity (Wildman–Crippen MR) is 75.8 cm³/mol. The molecule has 0 spiro atoms. The van der Waals surface area contributed by atoms with Crippen LogP contribution in [0, 0.1) is 0 Å². The fourth-order valence-electron chi connectivity index (χ4n) is 1.77. The van der Waals surface area contributed by atoms with E-state index in [9.17, 15) is 4.79 Å². The molecule has 0 unspecified atom stereocenters. The first-order valence-electron chi connectivity index (χ1n) is 6.65. The Bertz CT molecular complexity index is 633. The van der Waals surface area contributed by atoms with Crippen molar-refractivity contribution in [1.29, 1.82) is 0 Å². The van der Waals surface area contributed by atoms with E-state index in [0.29, 0.717) is 17.9 Å². The van der Waals surface area contributed by atoms with Gasteiger partial charge in [-0.3, -0.25) is 0 Å². The lowest BCUT2D eigenvalue weighted by Gasteiger charge is -2.09. The Hall–Kier alpha value is -2.50. The second kappa shape index (κ2) is 6.30. The van der Waals surface area contributed by atoms with Crippen LogP contribution in [0.4, 0.5) is 0 Å². The molecule has 1 heterocycles. The maximum absolute atomic E-state index is 11.1. The Balaban J connectivity index is 2.37. The van der Waals surface area contributed by atoms with E-state index in [1.165, 1.54) is 0 Å². The van der Waals surface area contributed by atoms with Crippen LogP contribution in [-0.4, -0.2) is 28.8 Å². The zero-order valence-corrected chi connectivity index (χ0v) is 12.1. The second-order valence-electron chi connectivity index (χ2n) is 4.59. The van der Waals surface area contributed by atoms with Crippen LogP contribution in [0.25, 0.3) is 11.5 Å². The molecule has 2 aromatic rings. The number of carboxylic acids is 1. The van der Waals surface area contributed by atoms with E-state index in [2.05, 4.69) is 4.98 Å². The zero-order valence-electron chi connectivity index (χ0n) is 12.1. The standard InChI is InChI=1S/C15H17NO5/c1-4-19-15-12(14(17)18)16-13(21-15)10-6-5-7-11(8-10)20-9(2)3/h5-9H,4H2,1-3H3,(H,17,18). The quantitative estimate of drug-likeness (QED) is 0.880. The van der Waals surface area contributed by atoms with Crippen molar-refractivity contribution in [3.05, 3.63) is 30.0 Å². The van der Waals surface area contributed by atoms with Gasteiger partial charge in [0.05, 0.1) is 12.7 Å². The van der Waals surface area contributed by atoms with Gasteiger partial charge in [0.15, 0.2) is 0 Å². The molecule has 0 aliphatic heterocycles. The van der Waals surface area contributed by atoms with Crippen LogP contribution < -0.4 is 9.47 Å². The van der Waals surface area contributed by atoms with Crippen LogP contribution in [0.15, 0.2) is 28.7 Å². The fourth-order valence-corrected chi connectivity index (χ4v) is 1.77. The number of benzene rings is 1. The summed E-state index contributed by atoms with van der Waals surface area (Å²) in [5.74, 6) is -0.432. The van der Waals surface area contributed by atoms with E-state index < -0.39 is 5.97 Å². The Labute approximate surface area is 122 Å². The average molecular weight is 291 g/mol. The summed E-state index contributed by atoms with van der Waals surface area (Å²) >= 11 is 0. The molecule has 112 valence electrons. The molecule has 0 saturated heterocycles.